The largest absolute Gasteiger partial charge is 0.416 e. The van der Waals surface area contributed by atoms with Gasteiger partial charge < -0.3 is 20.9 Å². The van der Waals surface area contributed by atoms with Gasteiger partial charge in [0.25, 0.3) is 0 Å². The molecular weight excluding hydrogens is 287 g/mol. The third kappa shape index (κ3) is 3.21. The van der Waals surface area contributed by atoms with Crippen LogP contribution in [0.4, 0.5) is 18.9 Å². The smallest absolute Gasteiger partial charge is 0.409 e. The molecule has 1 unspecified atom stereocenters. The number of nitrogens with zero attached hydrogens (tertiary/aromatic N) is 2. The van der Waals surface area contributed by atoms with E-state index in [1.165, 1.54) is 6.07 Å². The van der Waals surface area contributed by atoms with Gasteiger partial charge >= 0.3 is 6.18 Å². The first-order valence-corrected chi connectivity index (χ1v) is 6.30. The quantitative estimate of drug-likeness (QED) is 0.336. The minimum Gasteiger partial charge on any atom is -0.409 e. The highest BCUT2D eigenvalue weighted by atomic mass is 19.4. The van der Waals surface area contributed by atoms with Crippen molar-refractivity contribution < 1.29 is 23.5 Å². The summed E-state index contributed by atoms with van der Waals surface area (Å²) >= 11 is 0. The Morgan fingerprint density at radius 3 is 2.57 bits per heavy atom. The first-order chi connectivity index (χ1) is 9.64. The Hall–Kier alpha value is -1.96. The van der Waals surface area contributed by atoms with Gasteiger partial charge in [0.15, 0.2) is 5.84 Å². The van der Waals surface area contributed by atoms with Crippen LogP contribution >= 0.6 is 0 Å². The van der Waals surface area contributed by atoms with Crippen LogP contribution in [-0.2, 0) is 6.18 Å². The summed E-state index contributed by atoms with van der Waals surface area (Å²) in [4.78, 5) is 1.72. The van der Waals surface area contributed by atoms with Crippen molar-refractivity contribution in [2.45, 2.75) is 25.1 Å². The summed E-state index contributed by atoms with van der Waals surface area (Å²) in [6.45, 7) is 2.40. The van der Waals surface area contributed by atoms with Crippen LogP contribution in [0.25, 0.3) is 0 Å². The van der Waals surface area contributed by atoms with Crippen molar-refractivity contribution >= 4 is 11.5 Å². The molecule has 0 spiro atoms. The number of nitrogens with two attached hydrogens (primary N) is 1. The van der Waals surface area contributed by atoms with Crippen LogP contribution < -0.4 is 10.6 Å². The molecule has 1 heterocycles. The molecule has 0 aliphatic carbocycles. The van der Waals surface area contributed by atoms with Crippen LogP contribution in [0.2, 0.25) is 0 Å². The Balaban J connectivity index is 2.47. The van der Waals surface area contributed by atoms with Gasteiger partial charge in [0.2, 0.25) is 0 Å². The molecule has 21 heavy (non-hydrogen) atoms. The van der Waals surface area contributed by atoms with Crippen LogP contribution in [0.3, 0.4) is 0 Å². The zero-order chi connectivity index (χ0) is 15.8. The molecule has 1 fully saturated rings. The van der Waals surface area contributed by atoms with Crippen molar-refractivity contribution in [1.29, 1.82) is 0 Å². The number of halogens is 3. The van der Waals surface area contributed by atoms with Crippen molar-refractivity contribution in [2.24, 2.45) is 10.9 Å². The third-order valence-corrected chi connectivity index (χ3v) is 3.50. The summed E-state index contributed by atoms with van der Waals surface area (Å²) in [6, 6.07) is 3.06. The van der Waals surface area contributed by atoms with E-state index in [0.717, 1.165) is 12.1 Å². The molecule has 0 bridgehead atoms. The number of benzene rings is 1. The Morgan fingerprint density at radius 2 is 2.10 bits per heavy atom. The fourth-order valence-electron chi connectivity index (χ4n) is 2.40. The summed E-state index contributed by atoms with van der Waals surface area (Å²) < 4.78 is 38.3. The van der Waals surface area contributed by atoms with Crippen molar-refractivity contribution in [1.82, 2.24) is 0 Å². The van der Waals surface area contributed by atoms with Gasteiger partial charge in [0, 0.05) is 24.3 Å². The molecule has 1 aliphatic rings. The summed E-state index contributed by atoms with van der Waals surface area (Å²) in [5, 5.41) is 21.5. The lowest BCUT2D eigenvalue weighted by Crippen LogP contribution is -2.31. The number of aliphatic hydroxyl groups is 1. The highest BCUT2D eigenvalue weighted by Gasteiger charge is 2.35. The average Bonchev–Trinajstić information content (AvgIpc) is 2.76. The number of β-amino-alcohol motifs (C(OH)–C–C–N with tert-alkyl or cyclic N) is 1. The molecule has 2 rings (SSSR count). The second kappa shape index (κ2) is 5.10. The fourth-order valence-corrected chi connectivity index (χ4v) is 2.40. The molecule has 1 aliphatic heterocycles. The molecule has 5 nitrogen and oxygen atoms in total. The Labute approximate surface area is 119 Å². The van der Waals surface area contributed by atoms with Gasteiger partial charge in [-0.1, -0.05) is 5.16 Å². The minimum atomic E-state index is -4.51. The number of rotatable bonds is 2. The number of hydrogen-bond donors (Lipinski definition) is 3. The Morgan fingerprint density at radius 1 is 1.43 bits per heavy atom. The van der Waals surface area contributed by atoms with Gasteiger partial charge in [-0.2, -0.15) is 13.2 Å². The normalized spacial score (nSPS) is 23.7. The maximum atomic E-state index is 12.8. The van der Waals surface area contributed by atoms with Crippen LogP contribution in [0.5, 0.6) is 0 Å². The molecule has 8 heteroatoms. The molecule has 116 valence electrons. The Bertz CT molecular complexity index is 570. The molecular formula is C13H16F3N3O2. The standard InChI is InChI=1S/C13H16F3N3O2/c1-12(20)4-5-19(7-12)10-3-2-8(13(14,15)16)6-9(10)11(17)18-21/h2-3,6,20-21H,4-5,7H2,1H3,(H2,17,18). The van der Waals surface area contributed by atoms with E-state index in [4.69, 9.17) is 10.9 Å². The monoisotopic (exact) mass is 303 g/mol. The molecule has 1 saturated heterocycles. The van der Waals surface area contributed by atoms with Crippen molar-refractivity contribution in [3.63, 3.8) is 0 Å². The number of hydrogen-bond acceptors (Lipinski definition) is 4. The third-order valence-electron chi connectivity index (χ3n) is 3.50. The van der Waals surface area contributed by atoms with Gasteiger partial charge in [-0.15, -0.1) is 0 Å². The van der Waals surface area contributed by atoms with Crippen LogP contribution in [0, 0.1) is 0 Å². The molecule has 4 N–H and O–H groups in total. The number of amidine groups is 1. The van der Waals surface area contributed by atoms with Crippen LogP contribution in [0.15, 0.2) is 23.4 Å². The fraction of sp³-hybridized carbons (Fsp3) is 0.462. The second-order valence-corrected chi connectivity index (χ2v) is 5.38. The van der Waals surface area contributed by atoms with E-state index in [9.17, 15) is 18.3 Å². The molecule has 1 aromatic rings. The number of anilines is 1. The van der Waals surface area contributed by atoms with E-state index in [2.05, 4.69) is 5.16 Å². The Kier molecular flexibility index (Phi) is 3.75. The van der Waals surface area contributed by atoms with E-state index in [1.807, 2.05) is 0 Å². The maximum absolute atomic E-state index is 12.8. The summed E-state index contributed by atoms with van der Waals surface area (Å²) in [6.07, 6.45) is -4.02. The van der Waals surface area contributed by atoms with Gasteiger partial charge in [-0.25, -0.2) is 0 Å². The van der Waals surface area contributed by atoms with Crippen molar-refractivity contribution in [3.05, 3.63) is 29.3 Å². The zero-order valence-corrected chi connectivity index (χ0v) is 11.4. The number of oxime groups is 1. The lowest BCUT2D eigenvalue weighted by Gasteiger charge is -2.24. The number of alkyl halides is 3. The summed E-state index contributed by atoms with van der Waals surface area (Å²) in [5.74, 6) is -0.400. The molecule has 1 aromatic carbocycles. The van der Waals surface area contributed by atoms with E-state index in [-0.39, 0.29) is 12.1 Å². The SMILES string of the molecule is CC1(O)CCN(c2ccc(C(F)(F)F)cc2/C(N)=N/O)C1. The summed E-state index contributed by atoms with van der Waals surface area (Å²) in [7, 11) is 0. The lowest BCUT2D eigenvalue weighted by atomic mass is 10.1. The van der Waals surface area contributed by atoms with E-state index in [1.54, 1.807) is 11.8 Å². The average molecular weight is 303 g/mol. The first-order valence-electron chi connectivity index (χ1n) is 6.30. The summed E-state index contributed by atoms with van der Waals surface area (Å²) in [5.41, 5.74) is 4.09. The predicted molar refractivity (Wildman–Crippen MR) is 71.4 cm³/mol. The van der Waals surface area contributed by atoms with Gasteiger partial charge in [0.05, 0.1) is 11.2 Å². The molecule has 0 amide bonds. The van der Waals surface area contributed by atoms with Crippen molar-refractivity contribution in [2.75, 3.05) is 18.0 Å². The molecule has 0 radical (unpaired) electrons. The zero-order valence-electron chi connectivity index (χ0n) is 11.4. The molecule has 0 aromatic heterocycles. The maximum Gasteiger partial charge on any atom is 0.416 e. The topological polar surface area (TPSA) is 82.1 Å². The van der Waals surface area contributed by atoms with Gasteiger partial charge in [0.1, 0.15) is 0 Å². The second-order valence-electron chi connectivity index (χ2n) is 5.38. The van der Waals surface area contributed by atoms with Crippen molar-refractivity contribution in [3.8, 4) is 0 Å². The van der Waals surface area contributed by atoms with Gasteiger partial charge in [-0.3, -0.25) is 0 Å². The van der Waals surface area contributed by atoms with E-state index in [0.29, 0.717) is 18.7 Å². The molecule has 1 atom stereocenters. The predicted octanol–water partition coefficient (Wildman–Crippen LogP) is 1.76. The minimum absolute atomic E-state index is 0.00924. The van der Waals surface area contributed by atoms with E-state index < -0.39 is 23.2 Å². The lowest BCUT2D eigenvalue weighted by molar-refractivity contribution is -0.137. The highest BCUT2D eigenvalue weighted by molar-refractivity contribution is 6.02. The van der Waals surface area contributed by atoms with E-state index >= 15 is 0 Å². The molecule has 0 saturated carbocycles. The first kappa shape index (κ1) is 15.4. The van der Waals surface area contributed by atoms with Gasteiger partial charge in [-0.05, 0) is 31.5 Å². The van der Waals surface area contributed by atoms with Crippen LogP contribution in [-0.4, -0.2) is 34.8 Å². The highest BCUT2D eigenvalue weighted by Crippen LogP contribution is 2.35. The van der Waals surface area contributed by atoms with Crippen LogP contribution in [0.1, 0.15) is 24.5 Å².